The van der Waals surface area contributed by atoms with Crippen molar-refractivity contribution in [3.8, 4) is 0 Å². The average Bonchev–Trinajstić information content (AvgIpc) is 3.37. The summed E-state index contributed by atoms with van der Waals surface area (Å²) in [6.45, 7) is 15.8. The molecule has 5 aliphatic rings. The van der Waals surface area contributed by atoms with E-state index in [9.17, 15) is 41.0 Å². The van der Waals surface area contributed by atoms with E-state index in [1.54, 1.807) is 19.9 Å². The third-order valence-electron chi connectivity index (χ3n) is 14.7. The van der Waals surface area contributed by atoms with Crippen molar-refractivity contribution in [1.29, 1.82) is 0 Å². The standard InChI is InChI=1S/C36H62O11/c1-31(2,47-44)14-9-15-35(7,43)20-12-16-33(5)19(20)10-11-23-34(33,6)17-13-22-32(3,4)29(27(41)28(42)36(22,23)8)46-30-26(40)25(39)24(38)21(18-37)45-30/h9,14,19-30,37-44H,10-13,15-18H2,1-8H3/b14-9+/t19-,20+,21-,22+,23+,24-,25+,26-,27-,28-,29+,30+,33-,34-,35-,36+/m1/s1. The van der Waals surface area contributed by atoms with Crippen LogP contribution in [0, 0.1) is 45.3 Å². The number of fused-ring (bicyclic) bond motifs is 5. The fourth-order valence-corrected chi connectivity index (χ4v) is 11.9. The lowest BCUT2D eigenvalue weighted by molar-refractivity contribution is -0.355. The smallest absolute Gasteiger partial charge is 0.187 e. The molecule has 47 heavy (non-hydrogen) atoms. The third-order valence-corrected chi connectivity index (χ3v) is 14.7. The van der Waals surface area contributed by atoms with E-state index in [4.69, 9.17) is 9.47 Å². The Morgan fingerprint density at radius 1 is 0.809 bits per heavy atom. The summed E-state index contributed by atoms with van der Waals surface area (Å²) in [4.78, 5) is 4.54. The number of rotatable bonds is 8. The van der Waals surface area contributed by atoms with Crippen LogP contribution in [0.2, 0.25) is 0 Å². The summed E-state index contributed by atoms with van der Waals surface area (Å²) in [5.74, 6) is 0.422. The van der Waals surface area contributed by atoms with Crippen LogP contribution in [-0.4, -0.2) is 108 Å². The van der Waals surface area contributed by atoms with Gasteiger partial charge in [0.15, 0.2) is 6.29 Å². The maximum absolute atomic E-state index is 12.1. The largest absolute Gasteiger partial charge is 0.394 e. The van der Waals surface area contributed by atoms with Crippen LogP contribution < -0.4 is 0 Å². The molecule has 272 valence electrons. The Morgan fingerprint density at radius 3 is 2.06 bits per heavy atom. The van der Waals surface area contributed by atoms with Gasteiger partial charge in [0.25, 0.3) is 0 Å². The van der Waals surface area contributed by atoms with Gasteiger partial charge in [-0.3, -0.25) is 5.26 Å². The Hall–Kier alpha value is -0.700. The van der Waals surface area contributed by atoms with Crippen LogP contribution in [0.25, 0.3) is 0 Å². The molecule has 4 aliphatic carbocycles. The molecule has 0 aromatic carbocycles. The molecule has 8 N–H and O–H groups in total. The quantitative estimate of drug-likeness (QED) is 0.0821. The first-order valence-corrected chi connectivity index (χ1v) is 17.7. The fourth-order valence-electron chi connectivity index (χ4n) is 11.9. The van der Waals surface area contributed by atoms with E-state index in [-0.39, 0.29) is 34.5 Å². The predicted octanol–water partition coefficient (Wildman–Crippen LogP) is 2.76. The van der Waals surface area contributed by atoms with Gasteiger partial charge in [0.2, 0.25) is 0 Å². The van der Waals surface area contributed by atoms with Gasteiger partial charge >= 0.3 is 0 Å². The molecule has 5 rings (SSSR count). The molecule has 1 heterocycles. The van der Waals surface area contributed by atoms with Gasteiger partial charge in [-0.15, -0.1) is 0 Å². The highest BCUT2D eigenvalue weighted by Crippen LogP contribution is 2.76. The molecule has 0 bridgehead atoms. The molecule has 0 aromatic rings. The molecule has 0 unspecified atom stereocenters. The second kappa shape index (κ2) is 12.5. The van der Waals surface area contributed by atoms with Crippen LogP contribution in [0.15, 0.2) is 12.2 Å². The molecular formula is C36H62O11. The van der Waals surface area contributed by atoms with Crippen molar-refractivity contribution in [2.75, 3.05) is 6.61 Å². The molecule has 0 radical (unpaired) electrons. The van der Waals surface area contributed by atoms with Crippen molar-refractivity contribution < 1.29 is 55.4 Å². The fraction of sp³-hybridized carbons (Fsp3) is 0.944. The van der Waals surface area contributed by atoms with Crippen LogP contribution in [-0.2, 0) is 14.4 Å². The predicted molar refractivity (Wildman–Crippen MR) is 173 cm³/mol. The van der Waals surface area contributed by atoms with Gasteiger partial charge < -0.3 is 45.2 Å². The second-order valence-corrected chi connectivity index (χ2v) is 17.8. The van der Waals surface area contributed by atoms with E-state index in [1.165, 1.54) is 0 Å². The summed E-state index contributed by atoms with van der Waals surface area (Å²) in [5.41, 5.74) is -3.35. The first kappa shape index (κ1) is 37.6. The number of ether oxygens (including phenoxy) is 2. The number of aliphatic hydroxyl groups excluding tert-OH is 6. The van der Waals surface area contributed by atoms with Crippen LogP contribution in [0.3, 0.4) is 0 Å². The molecular weight excluding hydrogens is 608 g/mol. The lowest BCUT2D eigenvalue weighted by Gasteiger charge is -2.71. The molecule has 5 fully saturated rings. The Bertz CT molecular complexity index is 1160. The van der Waals surface area contributed by atoms with Crippen molar-refractivity contribution in [3.05, 3.63) is 12.2 Å². The average molecular weight is 671 g/mol. The van der Waals surface area contributed by atoms with Crippen molar-refractivity contribution in [2.24, 2.45) is 45.3 Å². The van der Waals surface area contributed by atoms with E-state index in [1.807, 2.05) is 26.8 Å². The molecule has 1 aliphatic heterocycles. The SMILES string of the molecule is CC(C)(/C=C/C[C@@](C)(O)[C@H]1CC[C@]2(C)[C@@H]1CC[C@@H]1[C@@]3(C)[C@H](O)[C@@H](O)[C@H](O[C@@H]4O[C@H](CO)[C@@H](O)[C@H](O)[C@H]4O)C(C)(C)[C@@H]3CC[C@]12C)OO. The third kappa shape index (κ3) is 5.68. The van der Waals surface area contributed by atoms with Crippen LogP contribution in [0.5, 0.6) is 0 Å². The van der Waals surface area contributed by atoms with Crippen molar-refractivity contribution >= 4 is 0 Å². The monoisotopic (exact) mass is 670 g/mol. The van der Waals surface area contributed by atoms with Crippen molar-refractivity contribution in [3.63, 3.8) is 0 Å². The second-order valence-electron chi connectivity index (χ2n) is 17.8. The van der Waals surface area contributed by atoms with Gasteiger partial charge in [-0.2, -0.15) is 0 Å². The molecule has 11 nitrogen and oxygen atoms in total. The highest BCUT2D eigenvalue weighted by molar-refractivity contribution is 5.21. The number of aliphatic hydroxyl groups is 7. The van der Waals surface area contributed by atoms with E-state index in [0.717, 1.165) is 38.5 Å². The Kier molecular flexibility index (Phi) is 10.00. The molecule has 11 heteroatoms. The van der Waals surface area contributed by atoms with Gasteiger partial charge in [-0.05, 0) is 106 Å². The molecule has 4 saturated carbocycles. The minimum Gasteiger partial charge on any atom is -0.394 e. The van der Waals surface area contributed by atoms with Gasteiger partial charge in [0.1, 0.15) is 36.1 Å². The summed E-state index contributed by atoms with van der Waals surface area (Å²) < 4.78 is 11.9. The minimum absolute atomic E-state index is 0.0518. The summed E-state index contributed by atoms with van der Waals surface area (Å²) >= 11 is 0. The Labute approximate surface area is 279 Å². The number of hydrogen-bond acceptors (Lipinski definition) is 11. The van der Waals surface area contributed by atoms with Crippen LogP contribution in [0.1, 0.15) is 100 Å². The highest BCUT2D eigenvalue weighted by Gasteiger charge is 2.73. The number of hydrogen-bond donors (Lipinski definition) is 8. The first-order valence-electron chi connectivity index (χ1n) is 17.7. The van der Waals surface area contributed by atoms with E-state index in [2.05, 4.69) is 25.7 Å². The highest BCUT2D eigenvalue weighted by atomic mass is 17.1. The summed E-state index contributed by atoms with van der Waals surface area (Å²) in [7, 11) is 0. The first-order chi connectivity index (χ1) is 21.6. The zero-order chi connectivity index (χ0) is 35.1. The Morgan fingerprint density at radius 2 is 1.45 bits per heavy atom. The molecule has 0 aromatic heterocycles. The summed E-state index contributed by atoms with van der Waals surface area (Å²) in [6, 6.07) is 0. The molecule has 0 amide bonds. The maximum Gasteiger partial charge on any atom is 0.187 e. The lowest BCUT2D eigenvalue weighted by atomic mass is 9.34. The van der Waals surface area contributed by atoms with Crippen molar-refractivity contribution in [1.82, 2.24) is 0 Å². The zero-order valence-corrected chi connectivity index (χ0v) is 29.5. The summed E-state index contributed by atoms with van der Waals surface area (Å²) in [6.07, 6.45) is -1.24. The zero-order valence-electron chi connectivity index (χ0n) is 29.5. The summed E-state index contributed by atoms with van der Waals surface area (Å²) in [5, 5.41) is 86.0. The topological polar surface area (TPSA) is 190 Å². The van der Waals surface area contributed by atoms with Gasteiger partial charge in [-0.1, -0.05) is 46.8 Å². The van der Waals surface area contributed by atoms with E-state index < -0.39 is 77.7 Å². The van der Waals surface area contributed by atoms with Gasteiger partial charge in [0.05, 0.1) is 24.4 Å². The molecule has 1 saturated heterocycles. The lowest BCUT2D eigenvalue weighted by Crippen LogP contribution is -2.73. The van der Waals surface area contributed by atoms with Gasteiger partial charge in [0, 0.05) is 5.41 Å². The van der Waals surface area contributed by atoms with Crippen LogP contribution >= 0.6 is 0 Å². The molecule has 0 spiro atoms. The van der Waals surface area contributed by atoms with Crippen LogP contribution in [0.4, 0.5) is 0 Å². The normalized spacial score (nSPS) is 51.2. The Balaban J connectivity index is 1.40. The van der Waals surface area contributed by atoms with E-state index >= 15 is 0 Å². The van der Waals surface area contributed by atoms with Crippen molar-refractivity contribution in [2.45, 2.75) is 161 Å². The van der Waals surface area contributed by atoms with Gasteiger partial charge in [-0.25, -0.2) is 4.89 Å². The maximum atomic E-state index is 12.1. The molecule has 16 atom stereocenters. The minimum atomic E-state index is -1.61. The van der Waals surface area contributed by atoms with E-state index in [0.29, 0.717) is 6.42 Å².